The lowest BCUT2D eigenvalue weighted by Gasteiger charge is -2.34. The number of aromatic nitrogens is 3. The maximum Gasteiger partial charge on any atom is 0.144 e. The molecular formula is C42H42N4O. The van der Waals surface area contributed by atoms with Crippen LogP contribution in [-0.4, -0.2) is 14.5 Å². The summed E-state index contributed by atoms with van der Waals surface area (Å²) in [5, 5.41) is 0. The van der Waals surface area contributed by atoms with Crippen LogP contribution >= 0.6 is 0 Å². The summed E-state index contributed by atoms with van der Waals surface area (Å²) >= 11 is 0. The predicted molar refractivity (Wildman–Crippen MR) is 193 cm³/mol. The van der Waals surface area contributed by atoms with Crippen molar-refractivity contribution in [2.45, 2.75) is 66.0 Å². The van der Waals surface area contributed by atoms with Gasteiger partial charge in [-0.25, -0.2) is 4.98 Å². The quantitative estimate of drug-likeness (QED) is 0.186. The highest BCUT2D eigenvalue weighted by Gasteiger charge is 2.28. The Morgan fingerprint density at radius 2 is 1.45 bits per heavy atom. The summed E-state index contributed by atoms with van der Waals surface area (Å²) in [5.41, 5.74) is 11.0. The average molecular weight is 619 g/mol. The number of para-hydroxylation sites is 1. The number of ether oxygens (including phenoxy) is 1. The number of benzene rings is 4. The first-order chi connectivity index (χ1) is 22.5. The van der Waals surface area contributed by atoms with E-state index in [1.165, 1.54) is 22.4 Å². The molecule has 0 fully saturated rings. The lowest BCUT2D eigenvalue weighted by molar-refractivity contribution is 0.478. The molecule has 0 saturated carbocycles. The minimum Gasteiger partial charge on any atom is -0.457 e. The molecule has 0 amide bonds. The van der Waals surface area contributed by atoms with E-state index >= 15 is 0 Å². The van der Waals surface area contributed by atoms with Crippen molar-refractivity contribution in [1.82, 2.24) is 14.5 Å². The number of pyridine rings is 1. The summed E-state index contributed by atoms with van der Waals surface area (Å²) in [5.74, 6) is 2.60. The number of imidazole rings is 1. The molecule has 0 spiro atoms. The Kier molecular flexibility index (Phi) is 7.51. The van der Waals surface area contributed by atoms with Gasteiger partial charge in [-0.05, 0) is 84.5 Å². The van der Waals surface area contributed by atoms with Gasteiger partial charge in [0.25, 0.3) is 0 Å². The van der Waals surface area contributed by atoms with Crippen LogP contribution < -0.4 is 9.64 Å². The molecule has 0 N–H and O–H groups in total. The molecule has 0 aliphatic carbocycles. The van der Waals surface area contributed by atoms with Crippen molar-refractivity contribution in [3.8, 4) is 34.1 Å². The van der Waals surface area contributed by atoms with Crippen molar-refractivity contribution >= 4 is 11.4 Å². The van der Waals surface area contributed by atoms with E-state index in [2.05, 4.69) is 155 Å². The van der Waals surface area contributed by atoms with Crippen LogP contribution in [0, 0.1) is 13.8 Å². The fraction of sp³-hybridized carbons (Fsp3) is 0.238. The third-order valence-electron chi connectivity index (χ3n) is 9.59. The Bertz CT molecular complexity index is 2080. The lowest BCUT2D eigenvalue weighted by Crippen LogP contribution is -2.27. The summed E-state index contributed by atoms with van der Waals surface area (Å²) in [6.45, 7) is 16.2. The first-order valence-corrected chi connectivity index (χ1v) is 16.4. The van der Waals surface area contributed by atoms with Crippen molar-refractivity contribution in [2.24, 2.45) is 0 Å². The number of aryl methyl sites for hydroxylation is 1. The first-order valence-electron chi connectivity index (χ1n) is 16.4. The number of fused-ring (bicyclic) bond motifs is 3. The molecule has 5 nitrogen and oxygen atoms in total. The van der Waals surface area contributed by atoms with Crippen molar-refractivity contribution in [2.75, 3.05) is 4.90 Å². The van der Waals surface area contributed by atoms with Crippen LogP contribution in [0.15, 0.2) is 115 Å². The molecule has 1 aliphatic heterocycles. The third-order valence-corrected chi connectivity index (χ3v) is 9.59. The van der Waals surface area contributed by atoms with E-state index in [0.29, 0.717) is 6.67 Å². The Balaban J connectivity index is 1.24. The molecular weight excluding hydrogens is 576 g/mol. The first kappa shape index (κ1) is 30.5. The molecule has 0 bridgehead atoms. The van der Waals surface area contributed by atoms with E-state index in [9.17, 15) is 0 Å². The minimum absolute atomic E-state index is 0.0755. The molecule has 47 heavy (non-hydrogen) atoms. The van der Waals surface area contributed by atoms with Crippen LogP contribution in [0.4, 0.5) is 11.4 Å². The Labute approximate surface area is 278 Å². The second kappa shape index (κ2) is 11.6. The van der Waals surface area contributed by atoms with Crippen LogP contribution in [0.25, 0.3) is 22.6 Å². The van der Waals surface area contributed by atoms with Gasteiger partial charge in [-0.2, -0.15) is 0 Å². The summed E-state index contributed by atoms with van der Waals surface area (Å²) in [4.78, 5) is 12.1. The molecule has 2 aromatic heterocycles. The van der Waals surface area contributed by atoms with E-state index in [1.807, 2.05) is 18.3 Å². The fourth-order valence-electron chi connectivity index (χ4n) is 6.45. The van der Waals surface area contributed by atoms with Gasteiger partial charge in [0.1, 0.15) is 24.0 Å². The molecule has 0 saturated heterocycles. The van der Waals surface area contributed by atoms with Crippen molar-refractivity contribution in [3.05, 3.63) is 143 Å². The Hall–Kier alpha value is -5.16. The highest BCUT2D eigenvalue weighted by molar-refractivity contribution is 5.82. The summed E-state index contributed by atoms with van der Waals surface area (Å²) < 4.78 is 9.00. The highest BCUT2D eigenvalue weighted by Crippen LogP contribution is 2.43. The maximum absolute atomic E-state index is 6.69. The minimum atomic E-state index is -0.154. The number of hydrogen-bond donors (Lipinski definition) is 0. The third kappa shape index (κ3) is 5.71. The van der Waals surface area contributed by atoms with Crippen LogP contribution in [0.3, 0.4) is 0 Å². The smallest absolute Gasteiger partial charge is 0.144 e. The molecule has 5 heteroatoms. The summed E-state index contributed by atoms with van der Waals surface area (Å²) in [7, 11) is 0. The topological polar surface area (TPSA) is 43.2 Å². The zero-order valence-electron chi connectivity index (χ0n) is 28.4. The molecule has 1 aliphatic rings. The standard InChI is InChI=1S/C42H42N4O/c1-28-29(2)45-27-46(39-19-12-11-18-37(39)40(45)44-28)34-23-33(41(3,4)5)24-36(26-34)47-35-17-13-14-30(22-35)38-25-32(20-21-43-38)42(6,7)31-15-9-8-10-16-31/h8-26H,27H2,1-7H3. The number of hydrogen-bond acceptors (Lipinski definition) is 4. The van der Waals surface area contributed by atoms with E-state index in [-0.39, 0.29) is 10.8 Å². The predicted octanol–water partition coefficient (Wildman–Crippen LogP) is 10.8. The molecule has 6 aromatic rings. The second-order valence-corrected chi connectivity index (χ2v) is 14.1. The van der Waals surface area contributed by atoms with E-state index < -0.39 is 0 Å². The zero-order valence-corrected chi connectivity index (χ0v) is 28.4. The molecule has 3 heterocycles. The Morgan fingerprint density at radius 3 is 2.23 bits per heavy atom. The van der Waals surface area contributed by atoms with Crippen LogP contribution in [0.5, 0.6) is 11.5 Å². The number of anilines is 2. The Morgan fingerprint density at radius 1 is 0.681 bits per heavy atom. The molecule has 0 unspecified atom stereocenters. The molecule has 0 radical (unpaired) electrons. The van der Waals surface area contributed by atoms with Gasteiger partial charge in [0, 0.05) is 40.2 Å². The van der Waals surface area contributed by atoms with E-state index in [4.69, 9.17) is 14.7 Å². The molecule has 0 atom stereocenters. The highest BCUT2D eigenvalue weighted by atomic mass is 16.5. The second-order valence-electron chi connectivity index (χ2n) is 14.1. The van der Waals surface area contributed by atoms with Crippen molar-refractivity contribution in [3.63, 3.8) is 0 Å². The van der Waals surface area contributed by atoms with Gasteiger partial charge in [-0.1, -0.05) is 89.2 Å². The van der Waals surface area contributed by atoms with Gasteiger partial charge < -0.3 is 14.2 Å². The van der Waals surface area contributed by atoms with Gasteiger partial charge in [0.2, 0.25) is 0 Å². The van der Waals surface area contributed by atoms with Gasteiger partial charge in [0.05, 0.1) is 17.1 Å². The summed E-state index contributed by atoms with van der Waals surface area (Å²) in [6.07, 6.45) is 1.91. The normalized spacial score (nSPS) is 12.9. The van der Waals surface area contributed by atoms with E-state index in [0.717, 1.165) is 51.2 Å². The lowest BCUT2D eigenvalue weighted by atomic mass is 9.78. The molecule has 4 aromatic carbocycles. The van der Waals surface area contributed by atoms with Crippen LogP contribution in [0.1, 0.15) is 62.7 Å². The SMILES string of the molecule is Cc1nc2n(c1C)CN(c1cc(Oc3cccc(-c4cc(C(C)(C)c5ccccc5)ccn4)c3)cc(C(C)(C)C)c1)c1ccccc1-2. The summed E-state index contributed by atoms with van der Waals surface area (Å²) in [6, 6.07) is 38.4. The van der Waals surface area contributed by atoms with Gasteiger partial charge >= 0.3 is 0 Å². The average Bonchev–Trinajstić information content (AvgIpc) is 3.37. The largest absolute Gasteiger partial charge is 0.457 e. The monoisotopic (exact) mass is 618 g/mol. The van der Waals surface area contributed by atoms with Gasteiger partial charge in [-0.3, -0.25) is 4.98 Å². The fourth-order valence-corrected chi connectivity index (χ4v) is 6.45. The van der Waals surface area contributed by atoms with Gasteiger partial charge in [-0.15, -0.1) is 0 Å². The van der Waals surface area contributed by atoms with Gasteiger partial charge in [0.15, 0.2) is 0 Å². The number of rotatable bonds is 6. The zero-order chi connectivity index (χ0) is 32.9. The number of nitrogens with zero attached hydrogens (tertiary/aromatic N) is 4. The van der Waals surface area contributed by atoms with Crippen LogP contribution in [0.2, 0.25) is 0 Å². The van der Waals surface area contributed by atoms with Crippen LogP contribution in [-0.2, 0) is 17.5 Å². The van der Waals surface area contributed by atoms with Crippen molar-refractivity contribution < 1.29 is 4.74 Å². The molecule has 236 valence electrons. The molecule has 7 rings (SSSR count). The van der Waals surface area contributed by atoms with Crippen molar-refractivity contribution in [1.29, 1.82) is 0 Å². The maximum atomic E-state index is 6.69. The van der Waals surface area contributed by atoms with E-state index in [1.54, 1.807) is 0 Å².